The molecule has 154 valence electrons. The minimum absolute atomic E-state index is 0.00869. The molecule has 7 nitrogen and oxygen atoms in total. The van der Waals surface area contributed by atoms with Gasteiger partial charge in [-0.3, -0.25) is 9.59 Å². The molecule has 0 bridgehead atoms. The minimum atomic E-state index is -0.479. The van der Waals surface area contributed by atoms with Gasteiger partial charge in [-0.05, 0) is 49.5 Å². The third-order valence-electron chi connectivity index (χ3n) is 5.07. The molecule has 0 aliphatic carbocycles. The molecule has 0 saturated carbocycles. The van der Waals surface area contributed by atoms with Gasteiger partial charge in [0.05, 0.1) is 0 Å². The number of benzene rings is 1. The van der Waals surface area contributed by atoms with Crippen LogP contribution < -0.4 is 10.6 Å². The van der Waals surface area contributed by atoms with Gasteiger partial charge in [0.1, 0.15) is 5.82 Å². The summed E-state index contributed by atoms with van der Waals surface area (Å²) in [6.45, 7) is 5.47. The van der Waals surface area contributed by atoms with Crippen LogP contribution in [0.5, 0.6) is 0 Å². The second-order valence-electron chi connectivity index (χ2n) is 7.11. The second-order valence-corrected chi connectivity index (χ2v) is 7.11. The number of carbonyl (C=O) groups is 2. The second kappa shape index (κ2) is 10.1. The molecule has 1 aromatic carbocycles. The van der Waals surface area contributed by atoms with Crippen LogP contribution in [0.3, 0.4) is 0 Å². The number of aromatic nitrogens is 2. The van der Waals surface area contributed by atoms with Crippen LogP contribution in [0.4, 0.5) is 4.39 Å². The summed E-state index contributed by atoms with van der Waals surface area (Å²) < 4.78 is 13.0. The molecule has 1 fully saturated rings. The molecule has 29 heavy (non-hydrogen) atoms. The van der Waals surface area contributed by atoms with Crippen LogP contribution in [-0.2, 0) is 6.54 Å². The van der Waals surface area contributed by atoms with Crippen molar-refractivity contribution in [3.8, 4) is 0 Å². The number of amides is 2. The molecule has 1 aromatic heterocycles. The van der Waals surface area contributed by atoms with Gasteiger partial charge in [0.25, 0.3) is 11.8 Å². The van der Waals surface area contributed by atoms with Crippen LogP contribution in [0.15, 0.2) is 36.7 Å². The number of likely N-dealkylation sites (tertiary alicyclic amines) is 1. The Morgan fingerprint density at radius 3 is 2.41 bits per heavy atom. The number of halogens is 1. The van der Waals surface area contributed by atoms with E-state index in [0.717, 1.165) is 31.5 Å². The summed E-state index contributed by atoms with van der Waals surface area (Å²) in [6.07, 6.45) is 4.66. The maximum absolute atomic E-state index is 13.0. The van der Waals surface area contributed by atoms with E-state index >= 15 is 0 Å². The minimum Gasteiger partial charge on any atom is -0.347 e. The van der Waals surface area contributed by atoms with E-state index in [4.69, 9.17) is 0 Å². The average molecular weight is 399 g/mol. The van der Waals surface area contributed by atoms with E-state index in [1.54, 1.807) is 17.0 Å². The predicted molar refractivity (Wildman–Crippen MR) is 107 cm³/mol. The van der Waals surface area contributed by atoms with Crippen LogP contribution in [0.1, 0.15) is 46.3 Å². The number of nitrogens with zero attached hydrogens (tertiary/aromatic N) is 3. The monoisotopic (exact) mass is 399 g/mol. The molecule has 8 heteroatoms. The first-order valence-electron chi connectivity index (χ1n) is 9.92. The summed E-state index contributed by atoms with van der Waals surface area (Å²) >= 11 is 0. The Morgan fingerprint density at radius 2 is 1.76 bits per heavy atom. The summed E-state index contributed by atoms with van der Waals surface area (Å²) in [6, 6.07) is 5.85. The van der Waals surface area contributed by atoms with Crippen molar-refractivity contribution in [1.29, 1.82) is 0 Å². The Bertz CT molecular complexity index is 835. The average Bonchev–Trinajstić information content (AvgIpc) is 2.77. The van der Waals surface area contributed by atoms with Gasteiger partial charge in [-0.1, -0.05) is 19.1 Å². The lowest BCUT2D eigenvalue weighted by molar-refractivity contribution is 0.0678. The van der Waals surface area contributed by atoms with Crippen LogP contribution in [0.25, 0.3) is 0 Å². The summed E-state index contributed by atoms with van der Waals surface area (Å²) in [5.74, 6) is -0.532. The van der Waals surface area contributed by atoms with E-state index < -0.39 is 5.91 Å². The number of nitrogens with one attached hydrogen (secondary N) is 2. The van der Waals surface area contributed by atoms with Crippen molar-refractivity contribution in [2.75, 3.05) is 26.2 Å². The molecule has 0 spiro atoms. The molecule has 0 atom stereocenters. The van der Waals surface area contributed by atoms with Gasteiger partial charge in [-0.2, -0.15) is 0 Å². The van der Waals surface area contributed by atoms with Gasteiger partial charge in [0.15, 0.2) is 11.4 Å². The Balaban J connectivity index is 1.62. The van der Waals surface area contributed by atoms with Crippen molar-refractivity contribution >= 4 is 11.8 Å². The summed E-state index contributed by atoms with van der Waals surface area (Å²) in [5.41, 5.74) is 0.822. The number of carbonyl (C=O) groups excluding carboxylic acids is 2. The highest BCUT2D eigenvalue weighted by Gasteiger charge is 2.28. The third-order valence-corrected chi connectivity index (χ3v) is 5.07. The van der Waals surface area contributed by atoms with Crippen molar-refractivity contribution in [1.82, 2.24) is 25.5 Å². The molecular formula is C21H26FN5O2. The zero-order valence-electron chi connectivity index (χ0n) is 16.5. The first-order chi connectivity index (χ1) is 14.1. The van der Waals surface area contributed by atoms with E-state index in [-0.39, 0.29) is 29.7 Å². The van der Waals surface area contributed by atoms with Crippen molar-refractivity contribution in [3.63, 3.8) is 0 Å². The van der Waals surface area contributed by atoms with Gasteiger partial charge in [0.2, 0.25) is 0 Å². The van der Waals surface area contributed by atoms with Crippen molar-refractivity contribution in [2.45, 2.75) is 26.3 Å². The molecule has 0 unspecified atom stereocenters. The topological polar surface area (TPSA) is 87.2 Å². The van der Waals surface area contributed by atoms with E-state index in [1.165, 1.54) is 24.5 Å². The molecule has 3 rings (SSSR count). The quantitative estimate of drug-likeness (QED) is 0.744. The fourth-order valence-electron chi connectivity index (χ4n) is 3.37. The lowest BCUT2D eigenvalue weighted by atomic mass is 9.96. The molecule has 1 aliphatic rings. The highest BCUT2D eigenvalue weighted by molar-refractivity contribution is 6.04. The zero-order chi connectivity index (χ0) is 20.6. The van der Waals surface area contributed by atoms with E-state index in [9.17, 15) is 14.0 Å². The maximum atomic E-state index is 13.0. The molecular weight excluding hydrogens is 373 g/mol. The number of hydrogen-bond acceptors (Lipinski definition) is 5. The Hall–Kier alpha value is -2.87. The zero-order valence-corrected chi connectivity index (χ0v) is 16.5. The maximum Gasteiger partial charge on any atom is 0.274 e. The van der Waals surface area contributed by atoms with Gasteiger partial charge in [-0.15, -0.1) is 0 Å². The first kappa shape index (κ1) is 20.9. The van der Waals surface area contributed by atoms with Gasteiger partial charge in [0, 0.05) is 32.0 Å². The molecule has 1 saturated heterocycles. The summed E-state index contributed by atoms with van der Waals surface area (Å²) in [4.78, 5) is 35.5. The van der Waals surface area contributed by atoms with Gasteiger partial charge in [-0.25, -0.2) is 14.4 Å². The van der Waals surface area contributed by atoms with E-state index in [1.807, 2.05) is 0 Å². The Labute approximate surface area is 169 Å². The lowest BCUT2D eigenvalue weighted by Gasteiger charge is -2.32. The highest BCUT2D eigenvalue weighted by atomic mass is 19.1. The predicted octanol–water partition coefficient (Wildman–Crippen LogP) is 2.01. The molecule has 2 amide bonds. The van der Waals surface area contributed by atoms with E-state index in [0.29, 0.717) is 19.0 Å². The largest absolute Gasteiger partial charge is 0.347 e. The Kier molecular flexibility index (Phi) is 7.24. The first-order valence-corrected chi connectivity index (χ1v) is 9.92. The van der Waals surface area contributed by atoms with Crippen LogP contribution in [-0.4, -0.2) is 52.9 Å². The molecule has 1 aliphatic heterocycles. The van der Waals surface area contributed by atoms with Crippen LogP contribution in [0.2, 0.25) is 0 Å². The van der Waals surface area contributed by atoms with Crippen LogP contribution in [0, 0.1) is 11.7 Å². The molecule has 2 aromatic rings. The standard InChI is InChI=1S/C21H26FN5O2/c1-2-23-13-16-7-11-27(12-8-16)21(29)19-18(24-9-10-25-19)20(28)26-14-15-3-5-17(22)6-4-15/h3-6,9-10,16,23H,2,7-8,11-14H2,1H3,(H,26,28). The summed E-state index contributed by atoms with van der Waals surface area (Å²) in [7, 11) is 0. The normalized spacial score (nSPS) is 14.6. The highest BCUT2D eigenvalue weighted by Crippen LogP contribution is 2.19. The molecule has 2 N–H and O–H groups in total. The number of piperidine rings is 1. The SMILES string of the molecule is CCNCC1CCN(C(=O)c2nccnc2C(=O)NCc2ccc(F)cc2)CC1. The van der Waals surface area contributed by atoms with Crippen molar-refractivity contribution in [2.24, 2.45) is 5.92 Å². The fourth-order valence-corrected chi connectivity index (χ4v) is 3.37. The molecule has 2 heterocycles. The smallest absolute Gasteiger partial charge is 0.274 e. The third kappa shape index (κ3) is 5.57. The summed E-state index contributed by atoms with van der Waals surface area (Å²) in [5, 5.41) is 6.07. The number of hydrogen-bond donors (Lipinski definition) is 2. The molecule has 0 radical (unpaired) electrons. The van der Waals surface area contributed by atoms with Crippen molar-refractivity contribution in [3.05, 3.63) is 59.4 Å². The van der Waals surface area contributed by atoms with Crippen molar-refractivity contribution < 1.29 is 14.0 Å². The van der Waals surface area contributed by atoms with Gasteiger partial charge >= 0.3 is 0 Å². The fraction of sp³-hybridized carbons (Fsp3) is 0.429. The van der Waals surface area contributed by atoms with E-state index in [2.05, 4.69) is 27.5 Å². The lowest BCUT2D eigenvalue weighted by Crippen LogP contribution is -2.42. The number of rotatable bonds is 7. The van der Waals surface area contributed by atoms with Gasteiger partial charge < -0.3 is 15.5 Å². The Morgan fingerprint density at radius 1 is 1.10 bits per heavy atom. The van der Waals surface area contributed by atoms with Crippen LogP contribution >= 0.6 is 0 Å².